The summed E-state index contributed by atoms with van der Waals surface area (Å²) in [6.07, 6.45) is 8.56. The molecule has 0 bridgehead atoms. The van der Waals surface area contributed by atoms with Crippen LogP contribution in [0, 0.1) is 13.8 Å². The van der Waals surface area contributed by atoms with Crippen LogP contribution >= 0.6 is 0 Å². The average Bonchev–Trinajstić information content (AvgIpc) is 2.85. The fourth-order valence-corrected chi connectivity index (χ4v) is 3.79. The zero-order valence-electron chi connectivity index (χ0n) is 15.4. The van der Waals surface area contributed by atoms with Crippen molar-refractivity contribution in [1.82, 2.24) is 15.1 Å². The Morgan fingerprint density at radius 2 is 1.72 bits per heavy atom. The second-order valence-corrected chi connectivity index (χ2v) is 7.20. The summed E-state index contributed by atoms with van der Waals surface area (Å²) in [6, 6.07) is 10.6. The second-order valence-electron chi connectivity index (χ2n) is 7.20. The van der Waals surface area contributed by atoms with Gasteiger partial charge in [-0.15, -0.1) is 0 Å². The Morgan fingerprint density at radius 3 is 2.40 bits per heavy atom. The largest absolute Gasteiger partial charge is 0.349 e. The maximum atomic E-state index is 12.9. The first-order chi connectivity index (χ1) is 12.1. The highest BCUT2D eigenvalue weighted by Gasteiger charge is 2.21. The van der Waals surface area contributed by atoms with E-state index in [2.05, 4.69) is 22.5 Å². The first-order valence-electron chi connectivity index (χ1n) is 9.54. The fourth-order valence-electron chi connectivity index (χ4n) is 3.79. The highest BCUT2D eigenvalue weighted by atomic mass is 16.1. The topological polar surface area (TPSA) is 46.9 Å². The normalized spacial score (nSPS) is 16.2. The summed E-state index contributed by atoms with van der Waals surface area (Å²) >= 11 is 0. The van der Waals surface area contributed by atoms with E-state index < -0.39 is 0 Å². The highest BCUT2D eigenvalue weighted by Crippen LogP contribution is 2.19. The molecule has 1 aromatic heterocycles. The molecule has 1 N–H and O–H groups in total. The van der Waals surface area contributed by atoms with E-state index >= 15 is 0 Å². The molecule has 1 saturated carbocycles. The van der Waals surface area contributed by atoms with Gasteiger partial charge in [0.1, 0.15) is 0 Å². The van der Waals surface area contributed by atoms with Crippen LogP contribution in [-0.4, -0.2) is 21.7 Å². The van der Waals surface area contributed by atoms with Gasteiger partial charge < -0.3 is 5.32 Å². The number of aromatic nitrogens is 2. The van der Waals surface area contributed by atoms with Crippen molar-refractivity contribution in [2.75, 3.05) is 0 Å². The Kier molecular flexibility index (Phi) is 5.90. The summed E-state index contributed by atoms with van der Waals surface area (Å²) in [6.45, 7) is 4.63. The first kappa shape index (κ1) is 17.7. The molecule has 4 heteroatoms. The molecule has 0 saturated heterocycles. The van der Waals surface area contributed by atoms with E-state index in [0.717, 1.165) is 29.8 Å². The Bertz CT molecular complexity index is 697. The maximum Gasteiger partial charge on any atom is 0.255 e. The zero-order valence-corrected chi connectivity index (χ0v) is 15.4. The van der Waals surface area contributed by atoms with Gasteiger partial charge >= 0.3 is 0 Å². The Hall–Kier alpha value is -2.10. The lowest BCUT2D eigenvalue weighted by Gasteiger charge is -2.21. The van der Waals surface area contributed by atoms with Crippen LogP contribution in [0.15, 0.2) is 30.3 Å². The first-order valence-corrected chi connectivity index (χ1v) is 9.54. The molecule has 25 heavy (non-hydrogen) atoms. The van der Waals surface area contributed by atoms with Crippen molar-refractivity contribution in [2.45, 2.75) is 71.4 Å². The van der Waals surface area contributed by atoms with Crippen molar-refractivity contribution in [2.24, 2.45) is 0 Å². The van der Waals surface area contributed by atoms with Gasteiger partial charge in [0.2, 0.25) is 0 Å². The number of nitrogens with zero attached hydrogens (tertiary/aromatic N) is 2. The summed E-state index contributed by atoms with van der Waals surface area (Å²) in [5.41, 5.74) is 3.71. The minimum absolute atomic E-state index is 0.0416. The van der Waals surface area contributed by atoms with Crippen LogP contribution in [0.1, 0.15) is 72.3 Å². The molecule has 0 atom stereocenters. The molecule has 1 amide bonds. The molecule has 0 spiro atoms. The van der Waals surface area contributed by atoms with Gasteiger partial charge in [-0.2, -0.15) is 5.10 Å². The molecule has 0 aliphatic heterocycles. The molecule has 2 aromatic rings. The summed E-state index contributed by atoms with van der Waals surface area (Å²) in [7, 11) is 0. The SMILES string of the molecule is Cc1nn(Cc2ccccc2)c(C)c1C(=O)NC1CCCCCCC1. The fraction of sp³-hybridized carbons (Fsp3) is 0.524. The molecule has 4 nitrogen and oxygen atoms in total. The average molecular weight is 339 g/mol. The van der Waals surface area contributed by atoms with Crippen molar-refractivity contribution >= 4 is 5.91 Å². The number of hydrogen-bond acceptors (Lipinski definition) is 2. The number of nitrogens with one attached hydrogen (secondary N) is 1. The molecular formula is C21H29N3O. The van der Waals surface area contributed by atoms with Crippen LogP contribution in [-0.2, 0) is 6.54 Å². The van der Waals surface area contributed by atoms with Crippen LogP contribution in [0.25, 0.3) is 0 Å². The van der Waals surface area contributed by atoms with Crippen molar-refractivity contribution in [3.8, 4) is 0 Å². The van der Waals surface area contributed by atoms with E-state index in [1.54, 1.807) is 0 Å². The molecule has 1 aliphatic carbocycles. The number of benzene rings is 1. The smallest absolute Gasteiger partial charge is 0.255 e. The van der Waals surface area contributed by atoms with Crippen molar-refractivity contribution in [1.29, 1.82) is 0 Å². The molecule has 0 unspecified atom stereocenters. The molecule has 1 aliphatic rings. The van der Waals surface area contributed by atoms with E-state index in [9.17, 15) is 4.79 Å². The number of rotatable bonds is 4. The number of amides is 1. The van der Waals surface area contributed by atoms with Crippen LogP contribution in [0.5, 0.6) is 0 Å². The zero-order chi connectivity index (χ0) is 17.6. The summed E-state index contributed by atoms with van der Waals surface area (Å²) in [4.78, 5) is 12.9. The Morgan fingerprint density at radius 1 is 1.08 bits per heavy atom. The van der Waals surface area contributed by atoms with Crippen molar-refractivity contribution < 1.29 is 4.79 Å². The minimum atomic E-state index is 0.0416. The number of aryl methyl sites for hydroxylation is 1. The van der Waals surface area contributed by atoms with E-state index in [-0.39, 0.29) is 5.91 Å². The number of carbonyl (C=O) groups excluding carboxylic acids is 1. The Labute approximate surface area is 150 Å². The lowest BCUT2D eigenvalue weighted by atomic mass is 9.96. The molecule has 1 heterocycles. The molecule has 134 valence electrons. The van der Waals surface area contributed by atoms with Gasteiger partial charge in [0.15, 0.2) is 0 Å². The maximum absolute atomic E-state index is 12.9. The third kappa shape index (κ3) is 4.50. The van der Waals surface area contributed by atoms with Gasteiger partial charge in [0.25, 0.3) is 5.91 Å². The quantitative estimate of drug-likeness (QED) is 0.898. The lowest BCUT2D eigenvalue weighted by molar-refractivity contribution is 0.0929. The van der Waals surface area contributed by atoms with Gasteiger partial charge in [-0.1, -0.05) is 62.4 Å². The van der Waals surface area contributed by atoms with Crippen LogP contribution < -0.4 is 5.32 Å². The number of hydrogen-bond donors (Lipinski definition) is 1. The third-order valence-corrected chi connectivity index (χ3v) is 5.22. The van der Waals surface area contributed by atoms with Gasteiger partial charge in [0.05, 0.1) is 17.8 Å². The molecule has 1 fully saturated rings. The summed E-state index contributed by atoms with van der Waals surface area (Å²) in [5.74, 6) is 0.0416. The molecule has 3 rings (SSSR count). The Balaban J connectivity index is 1.71. The van der Waals surface area contributed by atoms with Crippen molar-refractivity contribution in [3.63, 3.8) is 0 Å². The van der Waals surface area contributed by atoms with Gasteiger partial charge in [0, 0.05) is 11.7 Å². The number of carbonyl (C=O) groups is 1. The monoisotopic (exact) mass is 339 g/mol. The summed E-state index contributed by atoms with van der Waals surface area (Å²) < 4.78 is 1.94. The third-order valence-electron chi connectivity index (χ3n) is 5.22. The van der Waals surface area contributed by atoms with Gasteiger partial charge in [-0.05, 0) is 32.3 Å². The van der Waals surface area contributed by atoms with Crippen LogP contribution in [0.4, 0.5) is 0 Å². The molecular weight excluding hydrogens is 310 g/mol. The van der Waals surface area contributed by atoms with E-state index in [4.69, 9.17) is 0 Å². The molecule has 0 radical (unpaired) electrons. The van der Waals surface area contributed by atoms with Crippen LogP contribution in [0.2, 0.25) is 0 Å². The van der Waals surface area contributed by atoms with E-state index in [0.29, 0.717) is 12.6 Å². The lowest BCUT2D eigenvalue weighted by Crippen LogP contribution is -2.35. The van der Waals surface area contributed by atoms with Gasteiger partial charge in [-0.25, -0.2) is 0 Å². The van der Waals surface area contributed by atoms with Crippen LogP contribution in [0.3, 0.4) is 0 Å². The van der Waals surface area contributed by atoms with Gasteiger partial charge in [-0.3, -0.25) is 9.48 Å². The predicted octanol–water partition coefficient (Wildman–Crippen LogP) is 4.39. The van der Waals surface area contributed by atoms with E-state index in [1.807, 2.05) is 36.7 Å². The second kappa shape index (κ2) is 8.32. The van der Waals surface area contributed by atoms with Crippen molar-refractivity contribution in [3.05, 3.63) is 52.8 Å². The minimum Gasteiger partial charge on any atom is -0.349 e. The van der Waals surface area contributed by atoms with E-state index in [1.165, 1.54) is 37.7 Å². The highest BCUT2D eigenvalue weighted by molar-refractivity contribution is 5.96. The standard InChI is InChI=1S/C21H29N3O/c1-16-20(21(25)22-19-13-9-4-3-5-10-14-19)17(2)24(23-16)15-18-11-7-6-8-12-18/h6-8,11-12,19H,3-5,9-10,13-15H2,1-2H3,(H,22,25). The predicted molar refractivity (Wildman–Crippen MR) is 101 cm³/mol. The summed E-state index contributed by atoms with van der Waals surface area (Å²) in [5, 5.41) is 7.88. The molecule has 1 aromatic carbocycles.